The minimum atomic E-state index is -1.54. The second-order valence-electron chi connectivity index (χ2n) is 36.3. The van der Waals surface area contributed by atoms with Crippen molar-refractivity contribution in [3.63, 3.8) is 0 Å². The van der Waals surface area contributed by atoms with Gasteiger partial charge in [0.1, 0.15) is 83.8 Å². The lowest BCUT2D eigenvalue weighted by Crippen LogP contribution is -2.62. The molecule has 0 bridgehead atoms. The molecule has 50 heteroatoms. The monoisotopic (exact) mass is 2020 g/mol. The number of benzene rings is 3. The number of carboxylic acids is 2. The number of nitrogens with one attached hydrogen (secondary N) is 23. The number of fused-ring (bicyclic) bond motifs is 2. The highest BCUT2D eigenvalue weighted by molar-refractivity contribution is 7.80. The van der Waals surface area contributed by atoms with Crippen molar-refractivity contribution in [1.82, 2.24) is 101 Å². The van der Waals surface area contributed by atoms with E-state index in [9.17, 15) is 96.8 Å². The van der Waals surface area contributed by atoms with Crippen LogP contribution < -0.4 is 140 Å². The molecule has 32 N–H and O–H groups in total. The summed E-state index contributed by atoms with van der Waals surface area (Å²) < 4.78 is 5.86. The quantitative estimate of drug-likeness (QED) is 0.00675. The summed E-state index contributed by atoms with van der Waals surface area (Å²) in [5, 5.41) is 116. The first-order valence-electron chi connectivity index (χ1n) is 47.8. The van der Waals surface area contributed by atoms with Gasteiger partial charge in [-0.3, -0.25) is 93.6 Å². The Morgan fingerprint density at radius 2 is 0.895 bits per heavy atom. The first-order chi connectivity index (χ1) is 67.4. The molecule has 2 aliphatic heterocycles. The molecule has 143 heavy (non-hydrogen) atoms. The van der Waals surface area contributed by atoms with Crippen LogP contribution in [0.15, 0.2) is 63.8 Å². The molecular weight excluding hydrogens is 1880 g/mol. The van der Waals surface area contributed by atoms with Crippen LogP contribution in [-0.4, -0.2) is 258 Å². The van der Waals surface area contributed by atoms with Gasteiger partial charge in [-0.15, -0.1) is 5.75 Å². The molecule has 3 aliphatic rings. The van der Waals surface area contributed by atoms with E-state index in [0.717, 1.165) is 0 Å². The van der Waals surface area contributed by atoms with Gasteiger partial charge in [0, 0.05) is 105 Å². The molecule has 0 unspecified atom stereocenters. The molecule has 2 heterocycles. The molecule has 5 rings (SSSR count). The lowest BCUT2D eigenvalue weighted by Gasteiger charge is -2.34. The third-order valence-electron chi connectivity index (χ3n) is 23.6. The fourth-order valence-electron chi connectivity index (χ4n) is 15.4. The number of carbonyl (C=O) groups excluding carboxylic acids is 15. The molecule has 49 nitrogen and oxygen atoms in total. The minimum Gasteiger partial charge on any atom is -0.872 e. The Kier molecular flexibility index (Phi) is 49.0. The van der Waals surface area contributed by atoms with Crippen LogP contribution >= 0.6 is 12.2 Å². The topological polar surface area (TPSA) is 801 Å². The summed E-state index contributed by atoms with van der Waals surface area (Å²) in [5.41, 5.74) is 22.6. The first-order valence-corrected chi connectivity index (χ1v) is 48.2. The lowest BCUT2D eigenvalue weighted by molar-refractivity contribution is -0.268. The van der Waals surface area contributed by atoms with Crippen LogP contribution in [0.2, 0.25) is 0 Å². The van der Waals surface area contributed by atoms with Gasteiger partial charge in [0.05, 0.1) is 5.97 Å². The maximum Gasteiger partial charge on any atom is 0.326 e. The lowest BCUT2D eigenvalue weighted by atomic mass is 9.90. The summed E-state index contributed by atoms with van der Waals surface area (Å²) in [7, 11) is 0. The highest BCUT2D eigenvalue weighted by Gasteiger charge is 2.44. The van der Waals surface area contributed by atoms with E-state index >= 15 is 0 Å². The Morgan fingerprint density at radius 3 is 1.39 bits per heavy atom. The minimum absolute atomic E-state index is 0.00239. The van der Waals surface area contributed by atoms with Crippen molar-refractivity contribution in [2.24, 2.45) is 52.5 Å². The third-order valence-corrected chi connectivity index (χ3v) is 23.9. The van der Waals surface area contributed by atoms with E-state index < -0.39 is 197 Å². The number of hydrogen-bond acceptors (Lipinski definition) is 25. The summed E-state index contributed by atoms with van der Waals surface area (Å²) >= 11 is 5.42. The molecule has 2 aromatic rings. The van der Waals surface area contributed by atoms with Gasteiger partial charge in [-0.1, -0.05) is 100 Å². The molecular formula is C93H142N28O21S-2. The Morgan fingerprint density at radius 1 is 0.469 bits per heavy atom. The van der Waals surface area contributed by atoms with E-state index in [0.29, 0.717) is 29.4 Å². The number of aliphatic carboxylic acids is 1. The summed E-state index contributed by atoms with van der Waals surface area (Å²) in [6.07, 6.45) is 0.625. The van der Waals surface area contributed by atoms with E-state index in [1.807, 2.05) is 0 Å². The number of carboxylic acid groups (broad SMARTS) is 2. The van der Waals surface area contributed by atoms with Crippen LogP contribution in [-0.2, 0) is 71.9 Å². The molecule has 0 spiro atoms. The van der Waals surface area contributed by atoms with Gasteiger partial charge in [0.2, 0.25) is 82.7 Å². The number of guanidine groups is 4. The molecule has 2 aromatic carbocycles. The molecule has 1 saturated heterocycles. The number of nitrogens with zero attached hydrogens (tertiary/aromatic N) is 1. The fourth-order valence-corrected chi connectivity index (χ4v) is 15.6. The van der Waals surface area contributed by atoms with Crippen molar-refractivity contribution in [2.75, 3.05) is 57.7 Å². The summed E-state index contributed by atoms with van der Waals surface area (Å²) in [4.78, 5) is 236. The molecule has 0 radical (unpaired) electrons. The maximum atomic E-state index is 15.0. The van der Waals surface area contributed by atoms with Gasteiger partial charge in [-0.05, 0) is 162 Å². The molecule has 14 atom stereocenters. The van der Waals surface area contributed by atoms with Gasteiger partial charge in [-0.2, -0.15) is 0 Å². The standard InChI is InChI=1S/C93H144N28O21S/c1-13-49(9)74(84(135)114-62(22-17-36-106-91(98)99)79(130)117-72(47(5)6)83(134)110-52(12)77(128)115-63(88(140)141)23-18-37-107-92(100)101)120-82(133)65-24-19-41-121(65)86(137)73(48(7)8)118-85(136)75(50(10)14-2)119-80(131)61(21-16-35-105-90(96)97)113-76(127)51(11)109-81(132)64(42-46(3)4)116-78(129)60(20-15-34-104-89(94)95)112-70(126)33-39-103-68(124)31-38-102-69(125)32-40-108-93(143)111-53-25-28-56(59(43-53)87(138)139)71-57-29-26-54(122)44-66(57)142-67-45-55(123)27-30-58(67)71/h25-30,43-52,60-65,72-75,122H,13-24,31-42H2,1-12H3,(H,102,125)(H,103,124)(H,109,132)(H,110,134)(H,112,126)(H,113,127)(H,114,135)(H,115,128)(H,116,129)(H,117,130)(H,118,136)(H,119,131)(H,120,133)(H,138,139)(H,140,141)(H4,94,95,104)(H4,96,97,105)(H4,98,99,106)(H4,100,101,107)(H2,108,111,143)/p-2/t49-,50-,51-,52-,60-,61-,62-,63-,64-,65-,72-,73-,74-,75-/m0/s1. The van der Waals surface area contributed by atoms with Crippen molar-refractivity contribution in [2.45, 2.75) is 258 Å². The summed E-state index contributed by atoms with van der Waals surface area (Å²) in [6.45, 7) is 19.6. The SMILES string of the molecule is CC[C@H](C)[C@H](NC(=O)[C@H](CCCNC(=N)N)NC(=O)[C@H](C)NC(=O)[C@H](CC(C)C)NC(=O)[C@H](CCCNC(=N)N)NC(=O)CCNC(=O)CCNC(=O)CCNC(=S)Nc1ccc(-c2c3ccc(=O)cc-3oc3cc([O-])ccc23)c(C(=O)[O-])c1)C(=O)N[C@H](C(=O)N1CCC[C@H]1C(=O)N[C@H](C(=O)N[C@@H](CCCNC(=N)N)C(=O)N[C@H](C(=O)N[C@@H](C)C(=O)N[C@@H](CCCNC(=N)N)C(=O)O)C(C)C)[C@@H](C)CC)C(C)C. The second-order valence-corrected chi connectivity index (χ2v) is 36.7. The fraction of sp³-hybridized carbons (Fsp3) is 0.570. The zero-order valence-electron chi connectivity index (χ0n) is 82.8. The van der Waals surface area contributed by atoms with E-state index in [1.165, 1.54) is 67.3 Å². The molecule has 788 valence electrons. The Balaban J connectivity index is 1.20. The molecule has 1 aliphatic carbocycles. The van der Waals surface area contributed by atoms with Crippen molar-refractivity contribution in [1.29, 1.82) is 21.6 Å². The number of anilines is 1. The number of thiocarbonyl (C=S) groups is 1. The molecule has 0 aromatic heterocycles. The Hall–Kier alpha value is -14.8. The number of hydrogen-bond donors (Lipinski definition) is 28. The van der Waals surface area contributed by atoms with E-state index in [1.54, 1.807) is 75.3 Å². The highest BCUT2D eigenvalue weighted by Crippen LogP contribution is 2.42. The molecule has 0 saturated carbocycles. The number of nitrogens with two attached hydrogens (primary N) is 4. The second kappa shape index (κ2) is 59.1. The van der Waals surface area contributed by atoms with E-state index in [2.05, 4.69) is 101 Å². The number of aromatic carboxylic acids is 1. The number of carbonyl (C=O) groups is 16. The average molecular weight is 2020 g/mol. The van der Waals surface area contributed by atoms with E-state index in [-0.39, 0.29) is 210 Å². The predicted molar refractivity (Wildman–Crippen MR) is 532 cm³/mol. The van der Waals surface area contributed by atoms with Crippen molar-refractivity contribution < 1.29 is 96.4 Å². The summed E-state index contributed by atoms with van der Waals surface area (Å²) in [6, 6.07) is -3.80. The van der Waals surface area contributed by atoms with Crippen LogP contribution in [0, 0.1) is 51.2 Å². The van der Waals surface area contributed by atoms with Crippen LogP contribution in [0.5, 0.6) is 5.75 Å². The van der Waals surface area contributed by atoms with Gasteiger partial charge in [0.15, 0.2) is 34.4 Å². The van der Waals surface area contributed by atoms with Crippen LogP contribution in [0.1, 0.15) is 196 Å². The van der Waals surface area contributed by atoms with Crippen molar-refractivity contribution in [3.05, 3.63) is 70.4 Å². The predicted octanol–water partition coefficient (Wildman–Crippen LogP) is -3.36. The van der Waals surface area contributed by atoms with Crippen LogP contribution in [0.3, 0.4) is 0 Å². The van der Waals surface area contributed by atoms with Crippen molar-refractivity contribution in [3.8, 4) is 28.2 Å². The largest absolute Gasteiger partial charge is 0.872 e. The molecule has 1 fully saturated rings. The first kappa shape index (κ1) is 119. The number of rotatable bonds is 59. The average Bonchev–Trinajstić information content (AvgIpc) is 1.23. The zero-order chi connectivity index (χ0) is 107. The van der Waals surface area contributed by atoms with Crippen LogP contribution in [0.25, 0.3) is 33.4 Å². The van der Waals surface area contributed by atoms with Gasteiger partial charge in [-0.25, -0.2) is 4.79 Å². The zero-order valence-corrected chi connectivity index (χ0v) is 83.6. The Bertz CT molecular complexity index is 5210. The third kappa shape index (κ3) is 39.7. The highest BCUT2D eigenvalue weighted by atomic mass is 32.1. The van der Waals surface area contributed by atoms with E-state index in [4.69, 9.17) is 61.2 Å². The van der Waals surface area contributed by atoms with Crippen LogP contribution in [0.4, 0.5) is 5.69 Å². The Labute approximate surface area is 834 Å². The number of amides is 14. The molecule has 14 amide bonds. The number of likely N-dealkylation sites (tertiary alicyclic amines) is 1. The smallest absolute Gasteiger partial charge is 0.326 e. The van der Waals surface area contributed by atoms with Gasteiger partial charge in [0.25, 0.3) is 0 Å². The summed E-state index contributed by atoms with van der Waals surface area (Å²) in [5.74, 6) is -18.2. The van der Waals surface area contributed by atoms with Gasteiger partial charge < -0.3 is 153 Å². The normalized spacial score (nSPS) is 14.9. The van der Waals surface area contributed by atoms with Crippen molar-refractivity contribution >= 4 is 152 Å². The van der Waals surface area contributed by atoms with Gasteiger partial charge >= 0.3 is 5.97 Å². The maximum absolute atomic E-state index is 15.0.